The number of carbonyl (C=O) groups is 8. The topological polar surface area (TPSA) is 205 Å². The second-order valence-electron chi connectivity index (χ2n) is 15.9. The van der Waals surface area contributed by atoms with Crippen molar-refractivity contribution in [2.75, 3.05) is 78.9 Å². The van der Waals surface area contributed by atoms with Crippen LogP contribution in [-0.2, 0) is 57.2 Å². The number of ether oxygens (including phenoxy) is 6. The van der Waals surface area contributed by atoms with Crippen molar-refractivity contribution in [3.8, 4) is 0 Å². The van der Waals surface area contributed by atoms with Crippen molar-refractivity contribution in [3.05, 3.63) is 24.9 Å². The molecule has 0 aromatic heterocycles. The lowest BCUT2D eigenvalue weighted by atomic mass is 9.81. The molecular weight excluding hydrogens is 833 g/mol. The van der Waals surface area contributed by atoms with Crippen LogP contribution in [0.2, 0.25) is 0 Å². The van der Waals surface area contributed by atoms with Gasteiger partial charge in [-0.15, -0.1) is 0 Å². The van der Waals surface area contributed by atoms with E-state index in [0.29, 0.717) is 64.7 Å². The van der Waals surface area contributed by atoms with Crippen LogP contribution in [0.15, 0.2) is 24.9 Å². The van der Waals surface area contributed by atoms with Gasteiger partial charge in [0.15, 0.2) is 0 Å². The van der Waals surface area contributed by atoms with E-state index in [9.17, 15) is 38.4 Å². The molecule has 2 unspecified atom stereocenters. The molecule has 0 aromatic carbocycles. The van der Waals surface area contributed by atoms with Gasteiger partial charge in [0, 0.05) is 63.5 Å². The van der Waals surface area contributed by atoms with Gasteiger partial charge >= 0.3 is 24.2 Å². The lowest BCUT2D eigenvalue weighted by Gasteiger charge is -2.35. The van der Waals surface area contributed by atoms with E-state index in [4.69, 9.17) is 28.4 Å². The van der Waals surface area contributed by atoms with E-state index in [1.54, 1.807) is 20.9 Å². The Morgan fingerprint density at radius 3 is 1.55 bits per heavy atom. The SMILES string of the molecule is C.C.C=C(C)C(=O)OCCOC(=O)OCCN1CCCC1=O.C=CN1CCCCCC1=O.CCC(C)(CC(C)N1CCCCCC1=O)C(=O)OCCOC(=O)OCCN1CCCC1=O. The number of likely N-dealkylation sites (tertiary alicyclic amines) is 4. The summed E-state index contributed by atoms with van der Waals surface area (Å²) in [5.74, 6) is -0.362. The zero-order chi connectivity index (χ0) is 45.9. The molecule has 18 heteroatoms. The van der Waals surface area contributed by atoms with Crippen LogP contribution in [0.25, 0.3) is 0 Å². The lowest BCUT2D eigenvalue weighted by Crippen LogP contribution is -2.43. The van der Waals surface area contributed by atoms with Crippen LogP contribution < -0.4 is 0 Å². The first-order chi connectivity index (χ1) is 29.6. The van der Waals surface area contributed by atoms with Crippen molar-refractivity contribution in [3.63, 3.8) is 0 Å². The smallest absolute Gasteiger partial charge is 0.462 e. The average Bonchev–Trinajstić information content (AvgIpc) is 3.69. The maximum atomic E-state index is 12.7. The quantitative estimate of drug-likeness (QED) is 0.0581. The average molecular weight is 911 g/mol. The maximum Gasteiger partial charge on any atom is 0.508 e. The van der Waals surface area contributed by atoms with Crippen LogP contribution in [0.3, 0.4) is 0 Å². The Kier molecular flexibility index (Phi) is 29.9. The summed E-state index contributed by atoms with van der Waals surface area (Å²) in [5.41, 5.74) is -0.447. The van der Waals surface area contributed by atoms with E-state index in [2.05, 4.69) is 13.2 Å². The summed E-state index contributed by atoms with van der Waals surface area (Å²) >= 11 is 0. The minimum atomic E-state index is -0.848. The molecular formula is C46H78N4O14. The van der Waals surface area contributed by atoms with Gasteiger partial charge in [-0.2, -0.15) is 0 Å². The Morgan fingerprint density at radius 2 is 1.08 bits per heavy atom. The monoisotopic (exact) mass is 911 g/mol. The van der Waals surface area contributed by atoms with Gasteiger partial charge in [-0.3, -0.25) is 24.0 Å². The van der Waals surface area contributed by atoms with Gasteiger partial charge in [0.1, 0.15) is 39.6 Å². The molecule has 0 radical (unpaired) electrons. The fourth-order valence-corrected chi connectivity index (χ4v) is 7.06. The number of esters is 2. The third-order valence-corrected chi connectivity index (χ3v) is 10.9. The third kappa shape index (κ3) is 22.5. The molecule has 0 aromatic rings. The molecule has 2 atom stereocenters. The first kappa shape index (κ1) is 58.8. The van der Waals surface area contributed by atoms with Gasteiger partial charge in [-0.1, -0.05) is 47.8 Å². The van der Waals surface area contributed by atoms with Gasteiger partial charge < -0.3 is 48.0 Å². The Morgan fingerprint density at radius 1 is 0.625 bits per heavy atom. The van der Waals surface area contributed by atoms with Crippen LogP contribution >= 0.6 is 0 Å². The number of hydrogen-bond acceptors (Lipinski definition) is 14. The van der Waals surface area contributed by atoms with Crippen LogP contribution in [0.1, 0.15) is 132 Å². The molecule has 0 bridgehead atoms. The largest absolute Gasteiger partial charge is 0.508 e. The number of nitrogens with zero attached hydrogens (tertiary/aromatic N) is 4. The predicted molar refractivity (Wildman–Crippen MR) is 239 cm³/mol. The van der Waals surface area contributed by atoms with E-state index in [1.807, 2.05) is 25.7 Å². The lowest BCUT2D eigenvalue weighted by molar-refractivity contribution is -0.158. The van der Waals surface area contributed by atoms with E-state index in [1.165, 1.54) is 13.3 Å². The van der Waals surface area contributed by atoms with Crippen LogP contribution in [0.4, 0.5) is 9.59 Å². The molecule has 4 amide bonds. The summed E-state index contributed by atoms with van der Waals surface area (Å²) in [4.78, 5) is 99.7. The zero-order valence-electron chi connectivity index (χ0n) is 37.5. The molecule has 4 fully saturated rings. The summed E-state index contributed by atoms with van der Waals surface area (Å²) in [6.45, 7) is 17.9. The van der Waals surface area contributed by atoms with Gasteiger partial charge in [0.25, 0.3) is 0 Å². The highest BCUT2D eigenvalue weighted by atomic mass is 16.7. The summed E-state index contributed by atoms with van der Waals surface area (Å²) in [6, 6.07) is -0.0492. The van der Waals surface area contributed by atoms with Gasteiger partial charge in [0.2, 0.25) is 23.6 Å². The van der Waals surface area contributed by atoms with Crippen LogP contribution in [0, 0.1) is 5.41 Å². The number of amides is 4. The highest BCUT2D eigenvalue weighted by Crippen LogP contribution is 2.32. The van der Waals surface area contributed by atoms with Crippen molar-refractivity contribution in [1.82, 2.24) is 19.6 Å². The Labute approximate surface area is 381 Å². The van der Waals surface area contributed by atoms with Crippen LogP contribution in [0.5, 0.6) is 0 Å². The first-order valence-corrected chi connectivity index (χ1v) is 22.0. The summed E-state index contributed by atoms with van der Waals surface area (Å²) in [5, 5.41) is 0. The molecule has 366 valence electrons. The van der Waals surface area contributed by atoms with E-state index in [0.717, 1.165) is 58.0 Å². The molecule has 4 saturated heterocycles. The highest BCUT2D eigenvalue weighted by molar-refractivity contribution is 5.87. The number of rotatable bonds is 19. The highest BCUT2D eigenvalue weighted by Gasteiger charge is 2.37. The Balaban J connectivity index is 0.00000105. The second-order valence-corrected chi connectivity index (χ2v) is 15.9. The summed E-state index contributed by atoms with van der Waals surface area (Å²) in [6.07, 6.45) is 11.4. The van der Waals surface area contributed by atoms with E-state index < -0.39 is 23.7 Å². The van der Waals surface area contributed by atoms with Crippen molar-refractivity contribution in [2.24, 2.45) is 5.41 Å². The molecule has 64 heavy (non-hydrogen) atoms. The zero-order valence-corrected chi connectivity index (χ0v) is 37.5. The molecule has 4 rings (SSSR count). The Hall–Kier alpha value is -5.16. The summed E-state index contributed by atoms with van der Waals surface area (Å²) in [7, 11) is 0. The Bertz CT molecular complexity index is 1520. The number of hydrogen-bond donors (Lipinski definition) is 0. The molecule has 0 spiro atoms. The first-order valence-electron chi connectivity index (χ1n) is 22.0. The van der Waals surface area contributed by atoms with Crippen molar-refractivity contribution >= 4 is 47.9 Å². The van der Waals surface area contributed by atoms with Gasteiger partial charge in [-0.05, 0) is 78.3 Å². The molecule has 4 aliphatic heterocycles. The predicted octanol–water partition coefficient (Wildman–Crippen LogP) is 6.59. The molecule has 4 aliphatic rings. The van der Waals surface area contributed by atoms with Crippen LogP contribution in [-0.4, -0.2) is 152 Å². The molecule has 0 N–H and O–H groups in total. The standard InChI is InChI=1S/C23H38N2O7.C13H19NO6.C8H13NO.2CH4/c1-4-23(3,17-18(2)25-12-7-5-6-9-20(25)27)21(28)30-15-16-32-22(29)31-14-13-24-11-8-10-19(24)26;1-10(2)12(16)18-8-9-20-13(17)19-7-6-14-5-3-4-11(14)15;1-2-9-7-5-3-4-6-8(9)10;;/h18H,4-17H2,1-3H3;1,3-9H2,2H3;2H,1,3-7H2;2*1H4. The maximum absolute atomic E-state index is 12.7. The van der Waals surface area contributed by atoms with E-state index >= 15 is 0 Å². The van der Waals surface area contributed by atoms with Crippen molar-refractivity contribution in [2.45, 2.75) is 138 Å². The van der Waals surface area contributed by atoms with E-state index in [-0.39, 0.29) is 95.7 Å². The van der Waals surface area contributed by atoms with Gasteiger partial charge in [0.05, 0.1) is 18.5 Å². The molecule has 0 saturated carbocycles. The van der Waals surface area contributed by atoms with Gasteiger partial charge in [-0.25, -0.2) is 14.4 Å². The normalized spacial score (nSPS) is 17.5. The molecule has 0 aliphatic carbocycles. The van der Waals surface area contributed by atoms with Crippen molar-refractivity contribution in [1.29, 1.82) is 0 Å². The van der Waals surface area contributed by atoms with Crippen molar-refractivity contribution < 1.29 is 66.8 Å². The second kappa shape index (κ2) is 32.5. The third-order valence-electron chi connectivity index (χ3n) is 10.9. The minimum absolute atomic E-state index is 0. The fraction of sp³-hybridized carbons (Fsp3) is 0.739. The molecule has 18 nitrogen and oxygen atoms in total. The fourth-order valence-electron chi connectivity index (χ4n) is 7.06. The number of carbonyl (C=O) groups excluding carboxylic acids is 8. The summed E-state index contributed by atoms with van der Waals surface area (Å²) < 4.78 is 29.5. The minimum Gasteiger partial charge on any atom is -0.462 e. The molecule has 4 heterocycles.